The second-order valence-electron chi connectivity index (χ2n) is 5.89. The minimum atomic E-state index is -4.69. The normalized spacial score (nSPS) is 15.4. The molecule has 0 spiro atoms. The first-order valence-corrected chi connectivity index (χ1v) is 9.13. The third-order valence-corrected chi connectivity index (χ3v) is 5.94. The number of halogens is 4. The number of carbonyl (C=O) groups excluding carboxylic acids is 1. The van der Waals surface area contributed by atoms with Crippen LogP contribution in [0.1, 0.15) is 5.56 Å². The maximum atomic E-state index is 14.3. The van der Waals surface area contributed by atoms with E-state index in [1.54, 1.807) is 0 Å². The van der Waals surface area contributed by atoms with Crippen molar-refractivity contribution in [1.82, 2.24) is 0 Å². The number of nitrogens with one attached hydrogen (secondary N) is 2. The number of nitrogens with zero attached hydrogens (tertiary/aromatic N) is 2. The summed E-state index contributed by atoms with van der Waals surface area (Å²) in [6.07, 6.45) is -4.69. The highest BCUT2D eigenvalue weighted by atomic mass is 32.2. The number of benzene rings is 2. The zero-order valence-corrected chi connectivity index (χ0v) is 15.3. The Labute approximate surface area is 157 Å². The van der Waals surface area contributed by atoms with Crippen molar-refractivity contribution in [2.24, 2.45) is 0 Å². The number of carbonyl (C=O) groups is 1. The van der Waals surface area contributed by atoms with Crippen molar-refractivity contribution in [2.75, 3.05) is 33.3 Å². The molecule has 0 saturated heterocycles. The highest BCUT2D eigenvalue weighted by Gasteiger charge is 2.37. The van der Waals surface area contributed by atoms with E-state index in [1.165, 1.54) is 26.2 Å². The number of hydrogen-bond donors (Lipinski definition) is 2. The largest absolute Gasteiger partial charge is 0.418 e. The van der Waals surface area contributed by atoms with Crippen LogP contribution < -0.4 is 19.2 Å². The maximum Gasteiger partial charge on any atom is 0.418 e. The molecule has 0 fully saturated rings. The Morgan fingerprint density at radius 1 is 0.964 bits per heavy atom. The number of hydrogen-bond acceptors (Lipinski definition) is 3. The molecule has 2 aromatic rings. The molecule has 150 valence electrons. The summed E-state index contributed by atoms with van der Waals surface area (Å²) >= 11 is 0. The summed E-state index contributed by atoms with van der Waals surface area (Å²) in [7, 11) is -1.36. The lowest BCUT2D eigenvalue weighted by Crippen LogP contribution is -2.32. The molecule has 0 aromatic heterocycles. The minimum Gasteiger partial charge on any atom is -0.307 e. The molecule has 2 N–H and O–H groups in total. The summed E-state index contributed by atoms with van der Waals surface area (Å²) in [4.78, 5) is 12.1. The van der Waals surface area contributed by atoms with Gasteiger partial charge in [-0.1, -0.05) is 12.1 Å². The van der Waals surface area contributed by atoms with Crippen LogP contribution in [0.4, 0.5) is 45.1 Å². The second kappa shape index (κ2) is 6.55. The van der Waals surface area contributed by atoms with Gasteiger partial charge in [0.05, 0.1) is 28.3 Å². The third-order valence-electron chi connectivity index (χ3n) is 4.16. The van der Waals surface area contributed by atoms with E-state index in [0.717, 1.165) is 32.9 Å². The van der Waals surface area contributed by atoms with Crippen molar-refractivity contribution in [3.05, 3.63) is 47.8 Å². The average Bonchev–Trinajstić information content (AvgIpc) is 2.76. The monoisotopic (exact) mass is 418 g/mol. The van der Waals surface area contributed by atoms with Gasteiger partial charge in [0, 0.05) is 20.2 Å². The van der Waals surface area contributed by atoms with Crippen LogP contribution in [0.3, 0.4) is 0 Å². The molecule has 7 nitrogen and oxygen atoms in total. The number of alkyl halides is 3. The molecular formula is C16H14F4N4O3S. The number of urea groups is 1. The Morgan fingerprint density at radius 2 is 1.50 bits per heavy atom. The maximum absolute atomic E-state index is 14.3. The number of para-hydroxylation sites is 1. The molecule has 2 aromatic carbocycles. The van der Waals surface area contributed by atoms with Crippen molar-refractivity contribution in [3.8, 4) is 0 Å². The summed E-state index contributed by atoms with van der Waals surface area (Å²) in [5, 5.41) is 4.12. The van der Waals surface area contributed by atoms with Gasteiger partial charge in [0.1, 0.15) is 5.82 Å². The third kappa shape index (κ3) is 3.30. The van der Waals surface area contributed by atoms with Crippen LogP contribution in [-0.4, -0.2) is 28.5 Å². The number of amides is 2. The van der Waals surface area contributed by atoms with Gasteiger partial charge >= 0.3 is 22.4 Å². The molecule has 0 aliphatic carbocycles. The fourth-order valence-corrected chi connectivity index (χ4v) is 3.86. The van der Waals surface area contributed by atoms with E-state index in [0.29, 0.717) is 0 Å². The van der Waals surface area contributed by atoms with Crippen molar-refractivity contribution in [3.63, 3.8) is 0 Å². The van der Waals surface area contributed by atoms with E-state index in [1.807, 2.05) is 5.32 Å². The first kappa shape index (κ1) is 19.7. The first-order valence-electron chi connectivity index (χ1n) is 7.73. The smallest absolute Gasteiger partial charge is 0.307 e. The Morgan fingerprint density at radius 3 is 2.11 bits per heavy atom. The van der Waals surface area contributed by atoms with Gasteiger partial charge in [-0.2, -0.15) is 21.6 Å². The van der Waals surface area contributed by atoms with Gasteiger partial charge in [0.2, 0.25) is 0 Å². The quantitative estimate of drug-likeness (QED) is 0.731. The summed E-state index contributed by atoms with van der Waals surface area (Å²) in [5.41, 5.74) is -1.79. The molecule has 2 amide bonds. The van der Waals surface area contributed by atoms with Crippen LogP contribution in [0.15, 0.2) is 36.4 Å². The van der Waals surface area contributed by atoms with Gasteiger partial charge in [-0.15, -0.1) is 0 Å². The van der Waals surface area contributed by atoms with Crippen molar-refractivity contribution < 1.29 is 30.8 Å². The Balaban J connectivity index is 1.87. The van der Waals surface area contributed by atoms with E-state index in [-0.39, 0.29) is 11.4 Å². The van der Waals surface area contributed by atoms with E-state index < -0.39 is 45.2 Å². The van der Waals surface area contributed by atoms with Crippen LogP contribution >= 0.6 is 0 Å². The van der Waals surface area contributed by atoms with Gasteiger partial charge in [-0.3, -0.25) is 8.61 Å². The minimum absolute atomic E-state index is 0.0633. The summed E-state index contributed by atoms with van der Waals surface area (Å²) < 4.78 is 79.2. The molecule has 0 unspecified atom stereocenters. The first-order chi connectivity index (χ1) is 12.9. The molecule has 28 heavy (non-hydrogen) atoms. The standard InChI is InChI=1S/C16H14F4N4O3S/c1-23-13-7-10(17)12(8-14(13)24(2)28(23,26)27)22-15(25)21-11-6-4-3-5-9(11)16(18,19)20/h3-8H,1-2H3,(H2,21,22,25). The van der Waals surface area contributed by atoms with Crippen LogP contribution in [-0.2, 0) is 16.4 Å². The molecule has 12 heteroatoms. The van der Waals surface area contributed by atoms with Gasteiger partial charge < -0.3 is 10.6 Å². The Kier molecular flexibility index (Phi) is 4.61. The van der Waals surface area contributed by atoms with E-state index in [9.17, 15) is 30.8 Å². The molecule has 3 rings (SSSR count). The lowest BCUT2D eigenvalue weighted by Gasteiger charge is -2.15. The topological polar surface area (TPSA) is 81.8 Å². The van der Waals surface area contributed by atoms with Gasteiger partial charge in [-0.05, 0) is 18.2 Å². The fourth-order valence-electron chi connectivity index (χ4n) is 2.70. The SMILES string of the molecule is CN1c2cc(F)c(NC(=O)Nc3ccccc3C(F)(F)F)cc2N(C)S1(=O)=O. The molecule has 0 radical (unpaired) electrons. The van der Waals surface area contributed by atoms with Crippen molar-refractivity contribution in [1.29, 1.82) is 0 Å². The summed E-state index contributed by atoms with van der Waals surface area (Å²) in [5.74, 6) is -0.949. The van der Waals surface area contributed by atoms with Crippen LogP contribution in [0, 0.1) is 5.82 Å². The highest BCUT2D eigenvalue weighted by Crippen LogP contribution is 2.41. The van der Waals surface area contributed by atoms with Crippen LogP contribution in [0.25, 0.3) is 0 Å². The second-order valence-corrected chi connectivity index (χ2v) is 7.88. The number of anilines is 4. The zero-order chi connectivity index (χ0) is 20.9. The molecular weight excluding hydrogens is 404 g/mol. The van der Waals surface area contributed by atoms with E-state index in [4.69, 9.17) is 0 Å². The summed E-state index contributed by atoms with van der Waals surface area (Å²) in [6.45, 7) is 0. The van der Waals surface area contributed by atoms with E-state index >= 15 is 0 Å². The van der Waals surface area contributed by atoms with Crippen molar-refractivity contribution >= 4 is 39.0 Å². The predicted octanol–water partition coefficient (Wildman–Crippen LogP) is 3.62. The molecule has 0 atom stereocenters. The average molecular weight is 418 g/mol. The Bertz CT molecular complexity index is 1060. The van der Waals surface area contributed by atoms with Gasteiger partial charge in [0.25, 0.3) is 0 Å². The zero-order valence-electron chi connectivity index (χ0n) is 14.5. The van der Waals surface area contributed by atoms with Crippen LogP contribution in [0.2, 0.25) is 0 Å². The summed E-state index contributed by atoms with van der Waals surface area (Å²) in [6, 6.07) is 5.19. The van der Waals surface area contributed by atoms with Gasteiger partial charge in [-0.25, -0.2) is 9.18 Å². The molecule has 0 bridgehead atoms. The molecule has 0 saturated carbocycles. The number of fused-ring (bicyclic) bond motifs is 1. The molecule has 1 aliphatic rings. The van der Waals surface area contributed by atoms with Crippen LogP contribution in [0.5, 0.6) is 0 Å². The lowest BCUT2D eigenvalue weighted by molar-refractivity contribution is -0.136. The Hall–Kier alpha value is -3.02. The highest BCUT2D eigenvalue weighted by molar-refractivity contribution is 7.94. The predicted molar refractivity (Wildman–Crippen MR) is 96.2 cm³/mol. The molecule has 1 heterocycles. The van der Waals surface area contributed by atoms with Gasteiger partial charge in [0.15, 0.2) is 0 Å². The fraction of sp³-hybridized carbons (Fsp3) is 0.188. The van der Waals surface area contributed by atoms with E-state index in [2.05, 4.69) is 5.32 Å². The van der Waals surface area contributed by atoms with Crippen molar-refractivity contribution in [2.45, 2.75) is 6.18 Å². The number of rotatable bonds is 2. The molecule has 1 aliphatic heterocycles. The lowest BCUT2D eigenvalue weighted by atomic mass is 10.1.